The molecule has 130 valence electrons. The molecule has 1 amide bonds. The number of carbonyl (C=O) groups is 1. The van der Waals surface area contributed by atoms with Gasteiger partial charge in [-0.3, -0.25) is 4.79 Å². The van der Waals surface area contributed by atoms with Gasteiger partial charge in [-0.15, -0.1) is 0 Å². The highest BCUT2D eigenvalue weighted by atomic mass is 35.5. The molecule has 0 spiro atoms. The Morgan fingerprint density at radius 1 is 1.33 bits per heavy atom. The van der Waals surface area contributed by atoms with E-state index < -0.39 is 0 Å². The van der Waals surface area contributed by atoms with Crippen LogP contribution in [0, 0.1) is 5.92 Å². The Morgan fingerprint density at radius 3 is 2.79 bits per heavy atom. The van der Waals surface area contributed by atoms with Crippen molar-refractivity contribution in [2.75, 3.05) is 26.3 Å². The summed E-state index contributed by atoms with van der Waals surface area (Å²) in [7, 11) is 0. The van der Waals surface area contributed by atoms with Crippen molar-refractivity contribution in [1.82, 2.24) is 9.88 Å². The number of amides is 1. The molecule has 1 N–H and O–H groups in total. The summed E-state index contributed by atoms with van der Waals surface area (Å²) >= 11 is 6.18. The average molecular weight is 349 g/mol. The van der Waals surface area contributed by atoms with Crippen molar-refractivity contribution in [1.29, 1.82) is 0 Å². The fraction of sp³-hybridized carbons (Fsp3) is 0.526. The molecule has 2 aromatic rings. The molecule has 1 aliphatic heterocycles. The van der Waals surface area contributed by atoms with Gasteiger partial charge in [-0.2, -0.15) is 0 Å². The third-order valence-corrected chi connectivity index (χ3v) is 4.89. The van der Waals surface area contributed by atoms with Gasteiger partial charge in [0.25, 0.3) is 0 Å². The minimum atomic E-state index is 0.201. The molecule has 1 aliphatic rings. The number of hydrogen-bond donors (Lipinski definition) is 1. The number of ether oxygens (including phenoxy) is 1. The predicted octanol–water partition coefficient (Wildman–Crippen LogP) is 4.20. The van der Waals surface area contributed by atoms with Crippen molar-refractivity contribution in [3.63, 3.8) is 0 Å². The van der Waals surface area contributed by atoms with E-state index in [0.717, 1.165) is 22.3 Å². The second kappa shape index (κ2) is 7.58. The number of aromatic amines is 1. The molecular weight excluding hydrogens is 324 g/mol. The van der Waals surface area contributed by atoms with Gasteiger partial charge >= 0.3 is 0 Å². The van der Waals surface area contributed by atoms with E-state index in [1.165, 1.54) is 5.56 Å². The molecule has 1 fully saturated rings. The van der Waals surface area contributed by atoms with E-state index in [4.69, 9.17) is 16.3 Å². The molecule has 24 heavy (non-hydrogen) atoms. The first-order chi connectivity index (χ1) is 11.5. The normalized spacial score (nSPS) is 16.8. The van der Waals surface area contributed by atoms with E-state index in [1.54, 1.807) is 0 Å². The Bertz CT molecular complexity index is 704. The van der Waals surface area contributed by atoms with E-state index in [2.05, 4.69) is 18.8 Å². The van der Waals surface area contributed by atoms with Crippen molar-refractivity contribution in [3.05, 3.63) is 35.0 Å². The number of benzene rings is 1. The molecule has 0 aliphatic carbocycles. The minimum Gasteiger partial charge on any atom is -0.378 e. The summed E-state index contributed by atoms with van der Waals surface area (Å²) in [6.45, 7) is 7.09. The Hall–Kier alpha value is -1.52. The lowest BCUT2D eigenvalue weighted by molar-refractivity contribution is -0.135. The van der Waals surface area contributed by atoms with E-state index in [-0.39, 0.29) is 11.8 Å². The van der Waals surface area contributed by atoms with Crippen LogP contribution < -0.4 is 0 Å². The van der Waals surface area contributed by atoms with Crippen molar-refractivity contribution in [2.24, 2.45) is 5.92 Å². The summed E-state index contributed by atoms with van der Waals surface area (Å²) in [6.07, 6.45) is 3.56. The van der Waals surface area contributed by atoms with Gasteiger partial charge in [0.05, 0.1) is 13.2 Å². The van der Waals surface area contributed by atoms with Crippen LogP contribution in [0.1, 0.15) is 38.2 Å². The first-order valence-corrected chi connectivity index (χ1v) is 9.04. The zero-order valence-electron chi connectivity index (χ0n) is 14.3. The molecule has 0 saturated carbocycles. The molecule has 0 radical (unpaired) electrons. The monoisotopic (exact) mass is 348 g/mol. The maximum Gasteiger partial charge on any atom is 0.223 e. The van der Waals surface area contributed by atoms with Gasteiger partial charge in [-0.05, 0) is 42.0 Å². The highest BCUT2D eigenvalue weighted by molar-refractivity contribution is 6.31. The third kappa shape index (κ3) is 3.93. The zero-order valence-corrected chi connectivity index (χ0v) is 15.1. The molecular formula is C19H25ClN2O2. The fourth-order valence-corrected chi connectivity index (χ4v) is 3.67. The molecule has 1 saturated heterocycles. The maximum absolute atomic E-state index is 12.7. The van der Waals surface area contributed by atoms with Crippen LogP contribution in [0.25, 0.3) is 10.9 Å². The van der Waals surface area contributed by atoms with Gasteiger partial charge in [-0.1, -0.05) is 25.4 Å². The lowest BCUT2D eigenvalue weighted by Crippen LogP contribution is -2.41. The van der Waals surface area contributed by atoms with Gasteiger partial charge in [0.15, 0.2) is 0 Å². The lowest BCUT2D eigenvalue weighted by Gasteiger charge is -2.29. The van der Waals surface area contributed by atoms with Crippen LogP contribution in [0.3, 0.4) is 0 Å². The first-order valence-electron chi connectivity index (χ1n) is 8.66. The summed E-state index contributed by atoms with van der Waals surface area (Å²) in [5.41, 5.74) is 2.27. The number of rotatable bonds is 5. The zero-order chi connectivity index (χ0) is 17.1. The van der Waals surface area contributed by atoms with Crippen molar-refractivity contribution in [2.45, 2.75) is 32.6 Å². The lowest BCUT2D eigenvalue weighted by atomic mass is 9.87. The minimum absolute atomic E-state index is 0.201. The summed E-state index contributed by atoms with van der Waals surface area (Å²) in [5, 5.41) is 1.86. The Kier molecular flexibility index (Phi) is 5.47. The number of hydrogen-bond acceptors (Lipinski definition) is 2. The fourth-order valence-electron chi connectivity index (χ4n) is 3.49. The second-order valence-corrected chi connectivity index (χ2v) is 7.39. The van der Waals surface area contributed by atoms with Gasteiger partial charge in [0.1, 0.15) is 0 Å². The first kappa shape index (κ1) is 17.3. The maximum atomic E-state index is 12.7. The van der Waals surface area contributed by atoms with E-state index >= 15 is 0 Å². The number of fused-ring (bicyclic) bond motifs is 1. The summed E-state index contributed by atoms with van der Waals surface area (Å²) < 4.78 is 5.35. The number of carbonyl (C=O) groups excluding carboxylic acids is 1. The van der Waals surface area contributed by atoms with Crippen LogP contribution in [0.15, 0.2) is 24.4 Å². The number of aromatic nitrogens is 1. The van der Waals surface area contributed by atoms with Gasteiger partial charge in [0, 0.05) is 41.6 Å². The third-order valence-electron chi connectivity index (χ3n) is 4.66. The quantitative estimate of drug-likeness (QED) is 0.880. The largest absolute Gasteiger partial charge is 0.378 e. The second-order valence-electron chi connectivity index (χ2n) is 6.96. The van der Waals surface area contributed by atoms with Gasteiger partial charge < -0.3 is 14.6 Å². The predicted molar refractivity (Wildman–Crippen MR) is 97.5 cm³/mol. The van der Waals surface area contributed by atoms with E-state index in [0.29, 0.717) is 38.6 Å². The Balaban J connectivity index is 1.84. The van der Waals surface area contributed by atoms with Crippen LogP contribution in [-0.4, -0.2) is 42.1 Å². The molecule has 5 heteroatoms. The molecule has 2 heterocycles. The summed E-state index contributed by atoms with van der Waals surface area (Å²) in [6, 6.07) is 5.88. The molecule has 0 unspecified atom stereocenters. The molecule has 4 nitrogen and oxygen atoms in total. The highest BCUT2D eigenvalue weighted by Crippen LogP contribution is 2.34. The van der Waals surface area contributed by atoms with Gasteiger partial charge in [-0.25, -0.2) is 0 Å². The van der Waals surface area contributed by atoms with E-state index in [1.807, 2.05) is 29.3 Å². The number of nitrogens with zero attached hydrogens (tertiary/aromatic N) is 1. The van der Waals surface area contributed by atoms with Gasteiger partial charge in [0.2, 0.25) is 5.91 Å². The number of halogens is 1. The van der Waals surface area contributed by atoms with Crippen LogP contribution in [0.2, 0.25) is 5.02 Å². The smallest absolute Gasteiger partial charge is 0.223 e. The van der Waals surface area contributed by atoms with Crippen LogP contribution in [-0.2, 0) is 9.53 Å². The molecule has 1 aromatic carbocycles. The SMILES string of the molecule is CC(C)C[C@@H](CC(=O)N1CCOCC1)c1c[nH]c2ccc(Cl)cc12. The summed E-state index contributed by atoms with van der Waals surface area (Å²) in [4.78, 5) is 18.0. The molecule has 3 rings (SSSR count). The van der Waals surface area contributed by atoms with Crippen LogP contribution in [0.5, 0.6) is 0 Å². The van der Waals surface area contributed by atoms with E-state index in [9.17, 15) is 4.79 Å². The molecule has 0 bridgehead atoms. The van der Waals surface area contributed by atoms with Crippen molar-refractivity contribution in [3.8, 4) is 0 Å². The average Bonchev–Trinajstić information content (AvgIpc) is 2.97. The standard InChI is InChI=1S/C19H25ClN2O2/c1-13(2)9-14(10-19(23)22-5-7-24-8-6-22)17-12-21-18-4-3-15(20)11-16(17)18/h3-4,11-14,21H,5-10H2,1-2H3/t14-/m0/s1. The van der Waals surface area contributed by atoms with Crippen molar-refractivity contribution >= 4 is 28.4 Å². The highest BCUT2D eigenvalue weighted by Gasteiger charge is 2.24. The molecule has 1 atom stereocenters. The Labute approximate surface area is 148 Å². The number of H-pyrrole nitrogens is 1. The van der Waals surface area contributed by atoms with Crippen molar-refractivity contribution < 1.29 is 9.53 Å². The number of morpholine rings is 1. The Morgan fingerprint density at radius 2 is 2.08 bits per heavy atom. The van der Waals surface area contributed by atoms with Crippen LogP contribution >= 0.6 is 11.6 Å². The van der Waals surface area contributed by atoms with Crippen LogP contribution in [0.4, 0.5) is 0 Å². The number of nitrogens with one attached hydrogen (secondary N) is 1. The summed E-state index contributed by atoms with van der Waals surface area (Å²) in [5.74, 6) is 0.949. The molecule has 1 aromatic heterocycles. The topological polar surface area (TPSA) is 45.3 Å².